The number of nitrogen functional groups attached to an aromatic ring is 1. The van der Waals surface area contributed by atoms with E-state index in [9.17, 15) is 0 Å². The third-order valence-corrected chi connectivity index (χ3v) is 3.90. The maximum atomic E-state index is 6.20. The van der Waals surface area contributed by atoms with Crippen LogP contribution in [0, 0.1) is 0 Å². The first-order valence-electron chi connectivity index (χ1n) is 7.41. The molecule has 21 heavy (non-hydrogen) atoms. The molecule has 0 aliphatic carbocycles. The summed E-state index contributed by atoms with van der Waals surface area (Å²) in [6.07, 6.45) is 3.61. The quantitative estimate of drug-likeness (QED) is 0.798. The molecule has 2 heterocycles. The van der Waals surface area contributed by atoms with Gasteiger partial charge in [0.25, 0.3) is 0 Å². The molecule has 1 aromatic carbocycles. The van der Waals surface area contributed by atoms with Gasteiger partial charge in [-0.1, -0.05) is 32.0 Å². The lowest BCUT2D eigenvalue weighted by atomic mass is 10.1. The second-order valence-corrected chi connectivity index (χ2v) is 5.16. The number of hydrogen-bond acceptors (Lipinski definition) is 3. The zero-order valence-corrected chi connectivity index (χ0v) is 12.5. The zero-order valence-electron chi connectivity index (χ0n) is 12.5. The Morgan fingerprint density at radius 1 is 1.10 bits per heavy atom. The van der Waals surface area contributed by atoms with Crippen LogP contribution in [0.25, 0.3) is 10.9 Å². The van der Waals surface area contributed by atoms with Crippen LogP contribution in [0.3, 0.4) is 0 Å². The van der Waals surface area contributed by atoms with Crippen LogP contribution in [0.1, 0.15) is 30.8 Å². The summed E-state index contributed by atoms with van der Waals surface area (Å²) in [6.45, 7) is 4.94. The predicted molar refractivity (Wildman–Crippen MR) is 86.2 cm³/mol. The molecule has 0 saturated carbocycles. The number of nitrogens with two attached hydrogens (primary N) is 1. The first-order chi connectivity index (χ1) is 10.2. The first kappa shape index (κ1) is 13.6. The van der Waals surface area contributed by atoms with E-state index in [0.29, 0.717) is 0 Å². The van der Waals surface area contributed by atoms with Crippen molar-refractivity contribution in [3.05, 3.63) is 53.5 Å². The Balaban J connectivity index is 2.07. The Hall–Kier alpha value is -2.36. The molecule has 4 heteroatoms. The third kappa shape index (κ3) is 2.37. The van der Waals surface area contributed by atoms with E-state index >= 15 is 0 Å². The molecule has 0 bridgehead atoms. The van der Waals surface area contributed by atoms with Gasteiger partial charge in [-0.2, -0.15) is 5.10 Å². The lowest BCUT2D eigenvalue weighted by Crippen LogP contribution is -2.07. The lowest BCUT2D eigenvalue weighted by Gasteiger charge is -2.09. The van der Waals surface area contributed by atoms with Gasteiger partial charge in [0.05, 0.1) is 29.1 Å². The molecule has 0 unspecified atom stereocenters. The average molecular weight is 280 g/mol. The summed E-state index contributed by atoms with van der Waals surface area (Å²) in [7, 11) is 0. The van der Waals surface area contributed by atoms with Gasteiger partial charge in [0.2, 0.25) is 0 Å². The summed E-state index contributed by atoms with van der Waals surface area (Å²) in [5, 5.41) is 5.85. The van der Waals surface area contributed by atoms with Crippen LogP contribution in [0.15, 0.2) is 36.5 Å². The zero-order chi connectivity index (χ0) is 14.8. The van der Waals surface area contributed by atoms with E-state index in [0.717, 1.165) is 42.0 Å². The Morgan fingerprint density at radius 3 is 2.67 bits per heavy atom. The van der Waals surface area contributed by atoms with E-state index in [-0.39, 0.29) is 0 Å². The molecule has 0 radical (unpaired) electrons. The molecule has 0 aliphatic heterocycles. The molecule has 0 amide bonds. The number of pyridine rings is 1. The normalized spacial score (nSPS) is 11.1. The Bertz CT molecular complexity index is 768. The van der Waals surface area contributed by atoms with Gasteiger partial charge in [-0.15, -0.1) is 0 Å². The van der Waals surface area contributed by atoms with E-state index in [2.05, 4.69) is 36.1 Å². The molecule has 0 atom stereocenters. The number of nitrogens with zero attached hydrogens (tertiary/aromatic N) is 3. The molecule has 108 valence electrons. The Kier molecular flexibility index (Phi) is 3.60. The minimum atomic E-state index is 0.733. The van der Waals surface area contributed by atoms with Crippen molar-refractivity contribution in [2.75, 3.05) is 5.73 Å². The second-order valence-electron chi connectivity index (χ2n) is 5.16. The van der Waals surface area contributed by atoms with Crippen LogP contribution in [0.2, 0.25) is 0 Å². The topological polar surface area (TPSA) is 56.7 Å². The summed E-state index contributed by atoms with van der Waals surface area (Å²) in [5.41, 5.74) is 11.4. The van der Waals surface area contributed by atoms with E-state index in [1.165, 1.54) is 10.9 Å². The number of anilines is 1. The number of para-hydroxylation sites is 1. The van der Waals surface area contributed by atoms with E-state index in [1.807, 2.05) is 29.1 Å². The molecule has 0 saturated heterocycles. The number of aryl methyl sites for hydroxylation is 1. The average Bonchev–Trinajstić information content (AvgIpc) is 2.82. The minimum absolute atomic E-state index is 0.733. The highest BCUT2D eigenvalue weighted by Gasteiger charge is 2.13. The summed E-state index contributed by atoms with van der Waals surface area (Å²) in [4.78, 5) is 4.41. The van der Waals surface area contributed by atoms with Crippen molar-refractivity contribution in [2.24, 2.45) is 0 Å². The maximum absolute atomic E-state index is 6.20. The van der Waals surface area contributed by atoms with Gasteiger partial charge in [-0.25, -0.2) is 0 Å². The summed E-state index contributed by atoms with van der Waals surface area (Å²) in [5.74, 6) is 0. The van der Waals surface area contributed by atoms with Crippen molar-refractivity contribution in [3.8, 4) is 0 Å². The number of aromatic nitrogens is 3. The SMILES string of the molecule is CCc1nn(Cc2ccnc3ccccc23)c(CC)c1N. The monoisotopic (exact) mass is 280 g/mol. The number of fused-ring (bicyclic) bond motifs is 1. The van der Waals surface area contributed by atoms with Gasteiger partial charge in [-0.3, -0.25) is 9.67 Å². The smallest absolute Gasteiger partial charge is 0.0854 e. The van der Waals surface area contributed by atoms with Gasteiger partial charge >= 0.3 is 0 Å². The summed E-state index contributed by atoms with van der Waals surface area (Å²) >= 11 is 0. The molecule has 3 aromatic rings. The molecular formula is C17H20N4. The Morgan fingerprint density at radius 2 is 1.90 bits per heavy atom. The summed E-state index contributed by atoms with van der Waals surface area (Å²) in [6, 6.07) is 10.3. The fraction of sp³-hybridized carbons (Fsp3) is 0.294. The molecule has 0 spiro atoms. The molecule has 0 aliphatic rings. The van der Waals surface area contributed by atoms with Crippen LogP contribution in [-0.2, 0) is 19.4 Å². The highest BCUT2D eigenvalue weighted by Crippen LogP contribution is 2.22. The van der Waals surface area contributed by atoms with Crippen molar-refractivity contribution in [1.29, 1.82) is 0 Å². The van der Waals surface area contributed by atoms with Gasteiger partial charge in [0.1, 0.15) is 0 Å². The third-order valence-electron chi connectivity index (χ3n) is 3.90. The van der Waals surface area contributed by atoms with Crippen LogP contribution in [-0.4, -0.2) is 14.8 Å². The van der Waals surface area contributed by atoms with Crippen LogP contribution in [0.4, 0.5) is 5.69 Å². The minimum Gasteiger partial charge on any atom is -0.396 e. The number of benzene rings is 1. The van der Waals surface area contributed by atoms with Gasteiger partial charge in [0, 0.05) is 11.6 Å². The van der Waals surface area contributed by atoms with Crippen LogP contribution < -0.4 is 5.73 Å². The highest BCUT2D eigenvalue weighted by atomic mass is 15.3. The van der Waals surface area contributed by atoms with E-state index in [4.69, 9.17) is 5.73 Å². The maximum Gasteiger partial charge on any atom is 0.0854 e. The van der Waals surface area contributed by atoms with Crippen molar-refractivity contribution in [1.82, 2.24) is 14.8 Å². The number of rotatable bonds is 4. The van der Waals surface area contributed by atoms with Gasteiger partial charge < -0.3 is 5.73 Å². The van der Waals surface area contributed by atoms with Crippen molar-refractivity contribution in [3.63, 3.8) is 0 Å². The fourth-order valence-electron chi connectivity index (χ4n) is 2.78. The van der Waals surface area contributed by atoms with Crippen LogP contribution in [0.5, 0.6) is 0 Å². The van der Waals surface area contributed by atoms with E-state index in [1.54, 1.807) is 0 Å². The van der Waals surface area contributed by atoms with Crippen molar-refractivity contribution in [2.45, 2.75) is 33.2 Å². The molecule has 2 N–H and O–H groups in total. The predicted octanol–water partition coefficient (Wildman–Crippen LogP) is 3.19. The Labute approximate surface area is 124 Å². The fourth-order valence-corrected chi connectivity index (χ4v) is 2.78. The van der Waals surface area contributed by atoms with Crippen molar-refractivity contribution >= 4 is 16.6 Å². The first-order valence-corrected chi connectivity index (χ1v) is 7.41. The standard InChI is InChI=1S/C17H20N4/c1-3-14-17(18)16(4-2)21(20-14)11-12-9-10-19-15-8-6-5-7-13(12)15/h5-10H,3-4,11,18H2,1-2H3. The lowest BCUT2D eigenvalue weighted by molar-refractivity contribution is 0.643. The molecule has 2 aromatic heterocycles. The molecule has 3 rings (SSSR count). The molecule has 4 nitrogen and oxygen atoms in total. The molecule has 0 fully saturated rings. The molecular weight excluding hydrogens is 260 g/mol. The number of hydrogen-bond donors (Lipinski definition) is 1. The largest absolute Gasteiger partial charge is 0.396 e. The van der Waals surface area contributed by atoms with Gasteiger partial charge in [-0.05, 0) is 30.5 Å². The van der Waals surface area contributed by atoms with Gasteiger partial charge in [0.15, 0.2) is 0 Å². The van der Waals surface area contributed by atoms with E-state index < -0.39 is 0 Å². The second kappa shape index (κ2) is 5.56. The summed E-state index contributed by atoms with van der Waals surface area (Å²) < 4.78 is 2.04. The highest BCUT2D eigenvalue weighted by molar-refractivity contribution is 5.81. The van der Waals surface area contributed by atoms with Crippen LogP contribution >= 0.6 is 0 Å². The van der Waals surface area contributed by atoms with Crippen molar-refractivity contribution < 1.29 is 0 Å².